The Labute approximate surface area is 134 Å². The molecule has 4 rings (SSSR count). The van der Waals surface area contributed by atoms with Crippen LogP contribution in [0, 0.1) is 0 Å². The Bertz CT molecular complexity index is 568. The van der Waals surface area contributed by atoms with Crippen molar-refractivity contribution in [2.75, 3.05) is 39.5 Å². The van der Waals surface area contributed by atoms with Crippen molar-refractivity contribution >= 4 is 28.6 Å². The number of rotatable bonds is 0. The molecule has 0 aromatic rings. The van der Waals surface area contributed by atoms with Crippen LogP contribution in [0.25, 0.3) is 0 Å². The summed E-state index contributed by atoms with van der Waals surface area (Å²) in [5, 5.41) is 0.309. The molecule has 120 valence electrons. The lowest BCUT2D eigenvalue weighted by atomic mass is 10.1. The lowest BCUT2D eigenvalue weighted by molar-refractivity contribution is -0.00836. The van der Waals surface area contributed by atoms with E-state index in [4.69, 9.17) is 26.1 Å². The average molecular weight is 326 g/mol. The molecule has 0 aliphatic carbocycles. The van der Waals surface area contributed by atoms with Gasteiger partial charge in [-0.2, -0.15) is 0 Å². The summed E-state index contributed by atoms with van der Waals surface area (Å²) < 4.78 is 11.3. The summed E-state index contributed by atoms with van der Waals surface area (Å²) in [6.07, 6.45) is -0.0963. The highest BCUT2D eigenvalue weighted by molar-refractivity contribution is 6.66. The number of hydrogen-bond donors (Lipinski definition) is 0. The van der Waals surface area contributed by atoms with E-state index < -0.39 is 5.60 Å². The van der Waals surface area contributed by atoms with Crippen LogP contribution in [0.3, 0.4) is 0 Å². The zero-order chi connectivity index (χ0) is 15.3. The first-order chi connectivity index (χ1) is 10.6. The zero-order valence-electron chi connectivity index (χ0n) is 12.8. The van der Waals surface area contributed by atoms with Crippen LogP contribution in [0.4, 0.5) is 0 Å². The minimum Gasteiger partial charge on any atom is -0.378 e. The third-order valence-corrected chi connectivity index (χ3v) is 4.70. The third-order valence-electron chi connectivity index (χ3n) is 4.51. The molecule has 0 spiro atoms. The molecule has 0 N–H and O–H groups in total. The SMILES string of the molecule is CC1(C)OCCN2C1=NC1C(N3CCOCC3)=NC(Cl)=NC12. The van der Waals surface area contributed by atoms with E-state index in [1.165, 1.54) is 0 Å². The second kappa shape index (κ2) is 5.18. The minimum atomic E-state index is -0.395. The van der Waals surface area contributed by atoms with Gasteiger partial charge in [-0.25, -0.2) is 9.98 Å². The first-order valence-electron chi connectivity index (χ1n) is 7.70. The summed E-state index contributed by atoms with van der Waals surface area (Å²) in [6, 6.07) is -0.100. The van der Waals surface area contributed by atoms with Gasteiger partial charge in [0.15, 0.2) is 12.2 Å². The molecule has 4 aliphatic rings. The second-order valence-corrected chi connectivity index (χ2v) is 6.67. The highest BCUT2D eigenvalue weighted by atomic mass is 35.5. The zero-order valence-corrected chi connectivity index (χ0v) is 13.6. The maximum absolute atomic E-state index is 6.20. The molecule has 2 saturated heterocycles. The summed E-state index contributed by atoms with van der Waals surface area (Å²) in [5.74, 6) is 1.86. The van der Waals surface area contributed by atoms with E-state index in [1.807, 2.05) is 13.8 Å². The Balaban J connectivity index is 1.69. The fraction of sp³-hybridized carbons (Fsp3) is 0.786. The summed E-state index contributed by atoms with van der Waals surface area (Å²) in [4.78, 5) is 18.4. The summed E-state index contributed by atoms with van der Waals surface area (Å²) in [6.45, 7) is 8.60. The molecular formula is C14H20ClN5O2. The maximum Gasteiger partial charge on any atom is 0.221 e. The molecule has 22 heavy (non-hydrogen) atoms. The number of aliphatic imine (C=N–C) groups is 3. The Hall–Kier alpha value is -1.18. The average Bonchev–Trinajstić information content (AvgIpc) is 2.87. The maximum atomic E-state index is 6.20. The number of nitrogens with zero attached hydrogens (tertiary/aromatic N) is 5. The quantitative estimate of drug-likeness (QED) is 0.610. The van der Waals surface area contributed by atoms with Crippen LogP contribution < -0.4 is 0 Å². The highest BCUT2D eigenvalue weighted by Crippen LogP contribution is 2.33. The van der Waals surface area contributed by atoms with E-state index in [0.717, 1.165) is 31.3 Å². The van der Waals surface area contributed by atoms with Crippen molar-refractivity contribution in [3.8, 4) is 0 Å². The van der Waals surface area contributed by atoms with Crippen molar-refractivity contribution in [1.82, 2.24) is 9.80 Å². The van der Waals surface area contributed by atoms with E-state index in [1.54, 1.807) is 0 Å². The van der Waals surface area contributed by atoms with Gasteiger partial charge in [-0.05, 0) is 25.4 Å². The lowest BCUT2D eigenvalue weighted by Gasteiger charge is -2.40. The molecule has 4 heterocycles. The van der Waals surface area contributed by atoms with Gasteiger partial charge in [0, 0.05) is 19.6 Å². The molecule has 0 bridgehead atoms. The first kappa shape index (κ1) is 14.4. The molecule has 2 atom stereocenters. The normalized spacial score (nSPS) is 33.7. The van der Waals surface area contributed by atoms with E-state index in [-0.39, 0.29) is 12.2 Å². The molecule has 4 aliphatic heterocycles. The van der Waals surface area contributed by atoms with Gasteiger partial charge in [0.05, 0.1) is 19.8 Å². The lowest BCUT2D eigenvalue weighted by Crippen LogP contribution is -2.56. The fourth-order valence-electron chi connectivity index (χ4n) is 3.45. The van der Waals surface area contributed by atoms with Gasteiger partial charge in [0.25, 0.3) is 0 Å². The third kappa shape index (κ3) is 2.23. The van der Waals surface area contributed by atoms with E-state index >= 15 is 0 Å². The van der Waals surface area contributed by atoms with Crippen molar-refractivity contribution < 1.29 is 9.47 Å². The number of ether oxygens (including phenoxy) is 2. The summed E-state index contributed by atoms with van der Waals surface area (Å²) in [7, 11) is 0. The van der Waals surface area contributed by atoms with Gasteiger partial charge in [-0.3, -0.25) is 4.99 Å². The predicted molar refractivity (Wildman–Crippen MR) is 84.9 cm³/mol. The Morgan fingerprint density at radius 1 is 1.14 bits per heavy atom. The van der Waals surface area contributed by atoms with Gasteiger partial charge in [0.2, 0.25) is 5.29 Å². The van der Waals surface area contributed by atoms with Crippen LogP contribution in [-0.4, -0.2) is 84.0 Å². The molecule has 2 fully saturated rings. The van der Waals surface area contributed by atoms with Crippen molar-refractivity contribution in [2.45, 2.75) is 31.7 Å². The Morgan fingerprint density at radius 3 is 2.68 bits per heavy atom. The Kier molecular flexibility index (Phi) is 3.39. The number of morpholine rings is 2. The molecule has 0 amide bonds. The molecular weight excluding hydrogens is 306 g/mol. The first-order valence-corrected chi connectivity index (χ1v) is 8.07. The monoisotopic (exact) mass is 325 g/mol. The van der Waals surface area contributed by atoms with Crippen molar-refractivity contribution in [1.29, 1.82) is 0 Å². The Morgan fingerprint density at radius 2 is 1.91 bits per heavy atom. The molecule has 7 nitrogen and oxygen atoms in total. The molecule has 0 aromatic carbocycles. The van der Waals surface area contributed by atoms with Crippen LogP contribution in [-0.2, 0) is 9.47 Å². The topological polar surface area (TPSA) is 62.0 Å². The standard InChI is InChI=1S/C14H20ClN5O2/c1-14(2)12-16-9-10(19-3-6-21-7-4-19)17-13(15)18-11(9)20(12)5-8-22-14/h9,11H,3-8H2,1-2H3. The van der Waals surface area contributed by atoms with Crippen LogP contribution in [0.1, 0.15) is 13.8 Å². The van der Waals surface area contributed by atoms with E-state index in [0.29, 0.717) is 25.1 Å². The summed E-state index contributed by atoms with van der Waals surface area (Å²) >= 11 is 6.20. The molecule has 0 saturated carbocycles. The van der Waals surface area contributed by atoms with Gasteiger partial charge in [-0.15, -0.1) is 0 Å². The second-order valence-electron chi connectivity index (χ2n) is 6.33. The molecule has 8 heteroatoms. The largest absolute Gasteiger partial charge is 0.378 e. The van der Waals surface area contributed by atoms with Gasteiger partial charge < -0.3 is 19.3 Å². The van der Waals surface area contributed by atoms with Crippen molar-refractivity contribution in [3.63, 3.8) is 0 Å². The molecule has 0 radical (unpaired) electrons. The number of hydrogen-bond acceptors (Lipinski definition) is 7. The van der Waals surface area contributed by atoms with Crippen LogP contribution >= 0.6 is 11.6 Å². The van der Waals surface area contributed by atoms with Gasteiger partial charge >= 0.3 is 0 Å². The fourth-order valence-corrected chi connectivity index (χ4v) is 3.64. The molecule has 2 unspecified atom stereocenters. The number of halogens is 1. The van der Waals surface area contributed by atoms with Gasteiger partial charge in [-0.1, -0.05) is 0 Å². The van der Waals surface area contributed by atoms with Crippen LogP contribution in [0.5, 0.6) is 0 Å². The number of fused-ring (bicyclic) bond motifs is 3. The van der Waals surface area contributed by atoms with Crippen molar-refractivity contribution in [2.24, 2.45) is 15.0 Å². The van der Waals surface area contributed by atoms with Crippen LogP contribution in [0.15, 0.2) is 15.0 Å². The van der Waals surface area contributed by atoms with E-state index in [9.17, 15) is 0 Å². The smallest absolute Gasteiger partial charge is 0.221 e. The predicted octanol–water partition coefficient (Wildman–Crippen LogP) is 0.543. The van der Waals surface area contributed by atoms with Gasteiger partial charge in [0.1, 0.15) is 17.3 Å². The van der Waals surface area contributed by atoms with Crippen molar-refractivity contribution in [3.05, 3.63) is 0 Å². The van der Waals surface area contributed by atoms with E-state index in [2.05, 4.69) is 19.8 Å². The molecule has 0 aromatic heterocycles. The number of amidine groups is 3. The minimum absolute atomic E-state index is 0.0963. The summed E-state index contributed by atoms with van der Waals surface area (Å²) in [5.41, 5.74) is -0.395. The highest BCUT2D eigenvalue weighted by Gasteiger charge is 2.49. The van der Waals surface area contributed by atoms with Crippen LogP contribution in [0.2, 0.25) is 0 Å².